The molecule has 0 unspecified atom stereocenters. The lowest BCUT2D eigenvalue weighted by Crippen LogP contribution is -2.34. The summed E-state index contributed by atoms with van der Waals surface area (Å²) < 4.78 is 124. The van der Waals surface area contributed by atoms with E-state index in [1.807, 2.05) is 0 Å². The molecule has 0 aliphatic heterocycles. The maximum absolute atomic E-state index is 14.1. The molecule has 1 aromatic heterocycles. The van der Waals surface area contributed by atoms with Crippen LogP contribution in [-0.2, 0) is 43.5 Å². The molecular weight excluding hydrogens is 647 g/mol. The lowest BCUT2D eigenvalue weighted by atomic mass is 9.81. The number of aromatic nitrogens is 4. The number of carbonyl (C=O) groups is 1. The predicted octanol–water partition coefficient (Wildman–Crippen LogP) is 7.50. The number of carboxylic acid groups (broad SMARTS) is 1. The van der Waals surface area contributed by atoms with Gasteiger partial charge in [-0.2, -0.15) is 44.3 Å². The van der Waals surface area contributed by atoms with Crippen LogP contribution in [0.2, 0.25) is 0 Å². The number of aliphatic carboxylic acids is 1. The minimum atomic E-state index is -5.09. The van der Waals surface area contributed by atoms with E-state index in [9.17, 15) is 49.4 Å². The number of aryl methyl sites for hydroxylation is 2. The summed E-state index contributed by atoms with van der Waals surface area (Å²) in [6.45, 7) is 2.71. The molecule has 1 fully saturated rings. The number of alkyl halides is 9. The van der Waals surface area contributed by atoms with Gasteiger partial charge in [0.05, 0.1) is 29.7 Å². The molecule has 0 radical (unpaired) electrons. The fourth-order valence-electron chi connectivity index (χ4n) is 5.92. The molecule has 0 bridgehead atoms. The maximum Gasteiger partial charge on any atom is 0.416 e. The first kappa shape index (κ1) is 35.8. The fraction of sp³-hybridized carbons (Fsp3) is 0.533. The molecular formula is C30H33F9N6O2. The number of hydrogen-bond acceptors (Lipinski definition) is 6. The highest BCUT2D eigenvalue weighted by Gasteiger charge is 2.38. The molecule has 1 saturated carbocycles. The lowest BCUT2D eigenvalue weighted by Gasteiger charge is -2.34. The van der Waals surface area contributed by atoms with Crippen molar-refractivity contribution in [3.8, 4) is 0 Å². The molecule has 0 amide bonds. The summed E-state index contributed by atoms with van der Waals surface area (Å²) in [5, 5.41) is 21.0. The molecule has 1 aliphatic rings. The first-order valence-electron chi connectivity index (χ1n) is 14.7. The van der Waals surface area contributed by atoms with Crippen LogP contribution >= 0.6 is 0 Å². The average Bonchev–Trinajstić information content (AvgIpc) is 3.40. The highest BCUT2D eigenvalue weighted by molar-refractivity contribution is 5.70. The number of halogens is 9. The summed E-state index contributed by atoms with van der Waals surface area (Å²) in [4.78, 5) is 15.4. The van der Waals surface area contributed by atoms with Crippen molar-refractivity contribution in [1.29, 1.82) is 0 Å². The largest absolute Gasteiger partial charge is 0.481 e. The molecule has 17 heteroatoms. The van der Waals surface area contributed by atoms with Gasteiger partial charge in [-0.3, -0.25) is 4.79 Å². The van der Waals surface area contributed by atoms with E-state index >= 15 is 0 Å². The zero-order valence-corrected chi connectivity index (χ0v) is 25.6. The van der Waals surface area contributed by atoms with Crippen molar-refractivity contribution >= 4 is 17.6 Å². The van der Waals surface area contributed by atoms with E-state index in [0.717, 1.165) is 10.9 Å². The minimum Gasteiger partial charge on any atom is -0.481 e. The van der Waals surface area contributed by atoms with Crippen LogP contribution in [0.4, 0.5) is 51.1 Å². The molecule has 4 rings (SSSR count). The molecule has 258 valence electrons. The van der Waals surface area contributed by atoms with E-state index < -0.39 is 53.7 Å². The van der Waals surface area contributed by atoms with Gasteiger partial charge in [-0.05, 0) is 91.6 Å². The first-order chi connectivity index (χ1) is 21.8. The van der Waals surface area contributed by atoms with Crippen molar-refractivity contribution in [2.45, 2.75) is 71.1 Å². The number of anilines is 2. The van der Waals surface area contributed by atoms with Crippen LogP contribution in [0.1, 0.15) is 66.0 Å². The van der Waals surface area contributed by atoms with Crippen LogP contribution < -0.4 is 9.80 Å². The Bertz CT molecular complexity index is 1530. The topological polar surface area (TPSA) is 87.4 Å². The standard InChI is InChI=1S/C30H33F9N6O2/c1-4-44(14-18-5-7-20(8-6-18)26(46)47)25-13-24(30(37,38)39)17(2)9-21(25)16-45(27-40-42-43(3)41-27)15-19-10-22(28(31,32)33)12-23(11-19)29(34,35)36/h9-13,18,20H,4-8,14-16H2,1-3H3,(H,46,47). The summed E-state index contributed by atoms with van der Waals surface area (Å²) in [6.07, 6.45) is -12.9. The smallest absolute Gasteiger partial charge is 0.416 e. The maximum atomic E-state index is 14.1. The van der Waals surface area contributed by atoms with Gasteiger partial charge < -0.3 is 14.9 Å². The van der Waals surface area contributed by atoms with Gasteiger partial charge in [-0.1, -0.05) is 11.2 Å². The molecule has 2 aromatic carbocycles. The Kier molecular flexibility index (Phi) is 10.3. The zero-order chi connectivity index (χ0) is 34.9. The number of hydrogen-bond donors (Lipinski definition) is 1. The molecule has 0 spiro atoms. The lowest BCUT2D eigenvalue weighted by molar-refractivity contribution is -0.144. The van der Waals surface area contributed by atoms with E-state index in [1.54, 1.807) is 11.8 Å². The first-order valence-corrected chi connectivity index (χ1v) is 14.7. The highest BCUT2D eigenvalue weighted by Crippen LogP contribution is 2.40. The second kappa shape index (κ2) is 13.6. The number of nitrogens with zero attached hydrogens (tertiary/aromatic N) is 6. The highest BCUT2D eigenvalue weighted by atomic mass is 19.4. The predicted molar refractivity (Wildman–Crippen MR) is 152 cm³/mol. The Balaban J connectivity index is 1.77. The third kappa shape index (κ3) is 8.86. The van der Waals surface area contributed by atoms with Gasteiger partial charge >= 0.3 is 24.5 Å². The third-order valence-corrected chi connectivity index (χ3v) is 8.29. The van der Waals surface area contributed by atoms with E-state index in [2.05, 4.69) is 15.4 Å². The molecule has 47 heavy (non-hydrogen) atoms. The quantitative estimate of drug-likeness (QED) is 0.222. The molecule has 1 aliphatic carbocycles. The SMILES string of the molecule is CCN(CC1CCC(C(=O)O)CC1)c1cc(C(F)(F)F)c(C)cc1CN(Cc1cc(C(F)(F)F)cc(C(F)(F)F)c1)c1nnn(C)n1. The Labute approximate surface area is 264 Å². The van der Waals surface area contributed by atoms with Gasteiger partial charge in [-0.25, -0.2) is 0 Å². The summed E-state index contributed by atoms with van der Waals surface area (Å²) in [6, 6.07) is 3.44. The van der Waals surface area contributed by atoms with Gasteiger partial charge in [0.15, 0.2) is 0 Å². The second-order valence-electron chi connectivity index (χ2n) is 11.7. The second-order valence-corrected chi connectivity index (χ2v) is 11.7. The van der Waals surface area contributed by atoms with Crippen molar-refractivity contribution < 1.29 is 49.4 Å². The number of carboxylic acids is 1. The van der Waals surface area contributed by atoms with Crippen molar-refractivity contribution in [1.82, 2.24) is 20.2 Å². The van der Waals surface area contributed by atoms with Crippen molar-refractivity contribution in [3.63, 3.8) is 0 Å². The summed E-state index contributed by atoms with van der Waals surface area (Å²) in [7, 11) is 1.40. The Hall–Kier alpha value is -4.05. The van der Waals surface area contributed by atoms with Crippen molar-refractivity contribution in [2.75, 3.05) is 22.9 Å². The van der Waals surface area contributed by atoms with Crippen LogP contribution in [0.15, 0.2) is 30.3 Å². The molecule has 1 N–H and O–H groups in total. The number of benzene rings is 2. The normalized spacial score (nSPS) is 17.5. The van der Waals surface area contributed by atoms with E-state index in [-0.39, 0.29) is 47.8 Å². The van der Waals surface area contributed by atoms with Crippen LogP contribution in [0, 0.1) is 18.8 Å². The summed E-state index contributed by atoms with van der Waals surface area (Å²) in [5.74, 6) is -1.57. The Morgan fingerprint density at radius 1 is 0.872 bits per heavy atom. The van der Waals surface area contributed by atoms with Gasteiger partial charge in [0, 0.05) is 31.9 Å². The van der Waals surface area contributed by atoms with Crippen LogP contribution in [0.25, 0.3) is 0 Å². The van der Waals surface area contributed by atoms with Crippen LogP contribution in [0.3, 0.4) is 0 Å². The zero-order valence-electron chi connectivity index (χ0n) is 25.6. The Morgan fingerprint density at radius 2 is 1.47 bits per heavy atom. The van der Waals surface area contributed by atoms with Crippen molar-refractivity contribution in [2.24, 2.45) is 18.9 Å². The van der Waals surface area contributed by atoms with Crippen LogP contribution in [0.5, 0.6) is 0 Å². The number of rotatable bonds is 10. The minimum absolute atomic E-state index is 0.00873. The third-order valence-electron chi connectivity index (χ3n) is 8.29. The summed E-state index contributed by atoms with van der Waals surface area (Å²) in [5.41, 5.74) is -3.99. The van der Waals surface area contributed by atoms with Crippen molar-refractivity contribution in [3.05, 3.63) is 63.7 Å². The van der Waals surface area contributed by atoms with Gasteiger partial charge in [0.2, 0.25) is 0 Å². The summed E-state index contributed by atoms with van der Waals surface area (Å²) >= 11 is 0. The molecule has 3 aromatic rings. The molecule has 1 heterocycles. The monoisotopic (exact) mass is 680 g/mol. The number of tetrazole rings is 1. The van der Waals surface area contributed by atoms with Crippen LogP contribution in [-0.4, -0.2) is 44.4 Å². The van der Waals surface area contributed by atoms with Gasteiger partial charge in [-0.15, -0.1) is 5.10 Å². The molecule has 0 saturated heterocycles. The molecule has 0 atom stereocenters. The van der Waals surface area contributed by atoms with E-state index in [1.165, 1.54) is 24.9 Å². The van der Waals surface area contributed by atoms with Gasteiger partial charge in [0.1, 0.15) is 0 Å². The molecule has 8 nitrogen and oxygen atoms in total. The van der Waals surface area contributed by atoms with E-state index in [0.29, 0.717) is 49.9 Å². The Morgan fingerprint density at radius 3 is 1.94 bits per heavy atom. The average molecular weight is 681 g/mol. The van der Waals surface area contributed by atoms with Gasteiger partial charge in [0.25, 0.3) is 5.95 Å². The van der Waals surface area contributed by atoms with E-state index in [4.69, 9.17) is 0 Å². The fourth-order valence-corrected chi connectivity index (χ4v) is 5.92.